The molecule has 3 heterocycles. The van der Waals surface area contributed by atoms with Crippen LogP contribution in [-0.4, -0.2) is 178 Å². The van der Waals surface area contributed by atoms with Gasteiger partial charge in [0.2, 0.25) is 0 Å². The van der Waals surface area contributed by atoms with Crippen molar-refractivity contribution in [2.45, 2.75) is 168 Å². The molecule has 372 valence electrons. The number of esters is 10. The van der Waals surface area contributed by atoms with Crippen LogP contribution in [-0.2, 0) is 124 Å². The number of hydrogen-bond acceptors (Lipinski definition) is 26. The molecule has 0 spiro atoms. The Morgan fingerprint density at radius 3 is 0.848 bits per heavy atom. The molecule has 0 aliphatic carbocycles. The van der Waals surface area contributed by atoms with Crippen LogP contribution in [0, 0.1) is 0 Å². The van der Waals surface area contributed by atoms with Crippen molar-refractivity contribution in [3.63, 3.8) is 0 Å². The molecular formula is C40H56O26. The van der Waals surface area contributed by atoms with Gasteiger partial charge in [-0.05, 0) is 6.92 Å². The number of carbonyl (C=O) groups is 10. The predicted molar refractivity (Wildman–Crippen MR) is 206 cm³/mol. The molecule has 66 heavy (non-hydrogen) atoms. The molecule has 3 aliphatic heterocycles. The lowest BCUT2D eigenvalue weighted by atomic mass is 9.95. The van der Waals surface area contributed by atoms with E-state index in [9.17, 15) is 47.9 Å². The Labute approximate surface area is 377 Å². The topological polar surface area (TPSA) is 318 Å². The summed E-state index contributed by atoms with van der Waals surface area (Å²) in [5.74, 6) is -9.29. The van der Waals surface area contributed by atoms with Crippen molar-refractivity contribution in [2.75, 3.05) is 26.4 Å². The molecule has 3 rings (SSSR count). The fourth-order valence-electron chi connectivity index (χ4n) is 7.05. The van der Waals surface area contributed by atoms with E-state index in [1.54, 1.807) is 6.92 Å². The first-order valence-electron chi connectivity index (χ1n) is 20.4. The standard InChI is InChI=1S/C40H56O26/c1-12-51-38-35(59-23(9)48)33(57-21(7)46)30(27(62-38)14-53-17(3)42)65-40-37(61-25(11)50)34(58-22(8)47)31(28(64-40)15-54-18(4)43)66-39-36(60-24(10)49)32(56-20(6)45)29(55-19(5)44)26(63-39)13-52-16(2)41/h26-40H,12-15H2,1-11H3/t26-,27-,28+,29-,30+,31-,32+,33+,34+,35-,36-,37+,38+,39+,40-/m0/s1. The monoisotopic (exact) mass is 952 g/mol. The highest BCUT2D eigenvalue weighted by Gasteiger charge is 2.60. The van der Waals surface area contributed by atoms with E-state index in [1.807, 2.05) is 0 Å². The van der Waals surface area contributed by atoms with Crippen LogP contribution in [0.5, 0.6) is 0 Å². The lowest BCUT2D eigenvalue weighted by Gasteiger charge is -2.50. The van der Waals surface area contributed by atoms with Crippen LogP contribution in [0.25, 0.3) is 0 Å². The summed E-state index contributed by atoms with van der Waals surface area (Å²) in [5, 5.41) is 0. The second-order valence-electron chi connectivity index (χ2n) is 14.7. The Bertz CT molecular complexity index is 1770. The summed E-state index contributed by atoms with van der Waals surface area (Å²) >= 11 is 0. The van der Waals surface area contributed by atoms with E-state index < -0.39 is 172 Å². The molecule has 0 aromatic carbocycles. The van der Waals surface area contributed by atoms with Crippen molar-refractivity contribution < 1.29 is 124 Å². The third-order valence-corrected chi connectivity index (χ3v) is 9.15. The minimum absolute atomic E-state index is 0.0237. The average molecular weight is 953 g/mol. The molecule has 0 unspecified atom stereocenters. The summed E-state index contributed by atoms with van der Waals surface area (Å²) in [6.07, 6.45) is -25.9. The molecule has 3 aliphatic rings. The van der Waals surface area contributed by atoms with Gasteiger partial charge in [-0.15, -0.1) is 0 Å². The van der Waals surface area contributed by atoms with E-state index in [0.717, 1.165) is 69.2 Å². The van der Waals surface area contributed by atoms with Crippen LogP contribution in [0.1, 0.15) is 76.2 Å². The zero-order chi connectivity index (χ0) is 49.6. The average Bonchev–Trinajstić information content (AvgIpc) is 3.17. The first-order chi connectivity index (χ1) is 30.9. The molecule has 0 amide bonds. The van der Waals surface area contributed by atoms with Gasteiger partial charge >= 0.3 is 59.7 Å². The quantitative estimate of drug-likeness (QED) is 0.113. The zero-order valence-corrected chi connectivity index (χ0v) is 38.1. The van der Waals surface area contributed by atoms with Crippen LogP contribution in [0.3, 0.4) is 0 Å². The first kappa shape index (κ1) is 54.8. The van der Waals surface area contributed by atoms with E-state index in [0.29, 0.717) is 0 Å². The Morgan fingerprint density at radius 1 is 0.318 bits per heavy atom. The summed E-state index contributed by atoms with van der Waals surface area (Å²) in [6, 6.07) is 0. The van der Waals surface area contributed by atoms with Crippen LogP contribution < -0.4 is 0 Å². The number of carbonyl (C=O) groups excluding carboxylic acids is 10. The molecule has 0 aromatic rings. The maximum absolute atomic E-state index is 13.0. The largest absolute Gasteiger partial charge is 0.463 e. The fraction of sp³-hybridized carbons (Fsp3) is 0.750. The highest BCUT2D eigenvalue weighted by molar-refractivity contribution is 5.70. The van der Waals surface area contributed by atoms with Crippen molar-refractivity contribution in [3.8, 4) is 0 Å². The van der Waals surface area contributed by atoms with Gasteiger partial charge < -0.3 is 75.8 Å². The normalized spacial score (nSPS) is 31.7. The maximum atomic E-state index is 13.0. The Morgan fingerprint density at radius 2 is 0.561 bits per heavy atom. The van der Waals surface area contributed by atoms with Crippen molar-refractivity contribution in [2.24, 2.45) is 0 Å². The van der Waals surface area contributed by atoms with Crippen molar-refractivity contribution in [1.29, 1.82) is 0 Å². The SMILES string of the molecule is CCO[C@@H]1O[C@@H](COC(C)=O)[C@@H](O[C@@H]2O[C@H](COC(C)=O)[C@H](O[C@H]3O[C@@H](COC(C)=O)[C@H](OC(C)=O)[C@@H](OC(C)=O)[C@@H]3OC(C)=O)[C@@H](OC(C)=O)[C@H]2OC(C)=O)[C@@H](OC(C)=O)[C@@H]1OC(C)=O. The van der Waals surface area contributed by atoms with Crippen LogP contribution >= 0.6 is 0 Å². The number of rotatable bonds is 19. The summed E-state index contributed by atoms with van der Waals surface area (Å²) < 4.78 is 91.5. The summed E-state index contributed by atoms with van der Waals surface area (Å²) in [7, 11) is 0. The Balaban J connectivity index is 2.29. The van der Waals surface area contributed by atoms with Gasteiger partial charge in [-0.1, -0.05) is 0 Å². The number of ether oxygens (including phenoxy) is 16. The molecule has 3 saturated heterocycles. The van der Waals surface area contributed by atoms with Crippen molar-refractivity contribution in [1.82, 2.24) is 0 Å². The Kier molecular flexibility index (Phi) is 21.1. The Hall–Kier alpha value is -5.54. The third-order valence-electron chi connectivity index (χ3n) is 9.15. The molecule has 3 fully saturated rings. The highest BCUT2D eigenvalue weighted by atomic mass is 16.8. The van der Waals surface area contributed by atoms with Gasteiger partial charge in [-0.2, -0.15) is 0 Å². The van der Waals surface area contributed by atoms with Gasteiger partial charge in [0.05, 0.1) is 0 Å². The highest BCUT2D eigenvalue weighted by Crippen LogP contribution is 2.38. The molecule has 26 heteroatoms. The van der Waals surface area contributed by atoms with E-state index in [2.05, 4.69) is 0 Å². The van der Waals surface area contributed by atoms with Gasteiger partial charge in [0.1, 0.15) is 50.3 Å². The van der Waals surface area contributed by atoms with Gasteiger partial charge in [0.25, 0.3) is 0 Å². The zero-order valence-electron chi connectivity index (χ0n) is 38.1. The molecule has 26 nitrogen and oxygen atoms in total. The molecule has 0 saturated carbocycles. The maximum Gasteiger partial charge on any atom is 0.303 e. The summed E-state index contributed by atoms with van der Waals surface area (Å²) in [5.41, 5.74) is 0. The van der Waals surface area contributed by atoms with Gasteiger partial charge in [-0.3, -0.25) is 47.9 Å². The van der Waals surface area contributed by atoms with Gasteiger partial charge in [0, 0.05) is 75.8 Å². The van der Waals surface area contributed by atoms with Gasteiger partial charge in [0.15, 0.2) is 61.6 Å². The van der Waals surface area contributed by atoms with Crippen LogP contribution in [0.2, 0.25) is 0 Å². The molecule has 0 radical (unpaired) electrons. The molecule has 0 aromatic heterocycles. The third kappa shape index (κ3) is 16.4. The summed E-state index contributed by atoms with van der Waals surface area (Å²) in [6.45, 7) is 9.62. The van der Waals surface area contributed by atoms with E-state index in [-0.39, 0.29) is 6.61 Å². The minimum atomic E-state index is -1.98. The predicted octanol–water partition coefficient (Wildman–Crippen LogP) is -0.821. The van der Waals surface area contributed by atoms with Crippen molar-refractivity contribution >= 4 is 59.7 Å². The van der Waals surface area contributed by atoms with E-state index >= 15 is 0 Å². The smallest absolute Gasteiger partial charge is 0.303 e. The van der Waals surface area contributed by atoms with Crippen LogP contribution in [0.4, 0.5) is 0 Å². The fourth-order valence-corrected chi connectivity index (χ4v) is 7.05. The minimum Gasteiger partial charge on any atom is -0.463 e. The number of hydrogen-bond donors (Lipinski definition) is 0. The molecule has 15 atom stereocenters. The van der Waals surface area contributed by atoms with E-state index in [1.165, 1.54) is 0 Å². The molecule has 0 bridgehead atoms. The molecule has 0 N–H and O–H groups in total. The van der Waals surface area contributed by atoms with E-state index in [4.69, 9.17) is 75.8 Å². The first-order valence-corrected chi connectivity index (χ1v) is 20.4. The lowest BCUT2D eigenvalue weighted by molar-refractivity contribution is -0.380. The lowest BCUT2D eigenvalue weighted by Crippen LogP contribution is -2.69. The van der Waals surface area contributed by atoms with Crippen molar-refractivity contribution in [3.05, 3.63) is 0 Å². The van der Waals surface area contributed by atoms with Gasteiger partial charge in [-0.25, -0.2) is 0 Å². The van der Waals surface area contributed by atoms with Crippen LogP contribution in [0.15, 0.2) is 0 Å². The second-order valence-corrected chi connectivity index (χ2v) is 14.7. The molecular weight excluding hydrogens is 896 g/mol. The second kappa shape index (κ2) is 25.4. The summed E-state index contributed by atoms with van der Waals surface area (Å²) in [4.78, 5) is 125.